The van der Waals surface area contributed by atoms with E-state index in [0.717, 1.165) is 0 Å². The predicted octanol–water partition coefficient (Wildman–Crippen LogP) is 2.83. The third-order valence-corrected chi connectivity index (χ3v) is 1.46. The topological polar surface area (TPSA) is 74.5 Å². The fraction of sp³-hybridized carbons (Fsp3) is 0. The minimum atomic E-state index is 0.0807. The van der Waals surface area contributed by atoms with Gasteiger partial charge in [0.2, 0.25) is 0 Å². The Balaban J connectivity index is 3.19. The molecule has 1 aromatic rings. The molecule has 0 amide bonds. The SMILES string of the molecule is [N-]=[N+]=Nc1ncc(Br)nc1Cl. The van der Waals surface area contributed by atoms with Crippen molar-refractivity contribution in [3.63, 3.8) is 0 Å². The maximum Gasteiger partial charge on any atom is 0.164 e. The summed E-state index contributed by atoms with van der Waals surface area (Å²) >= 11 is 8.59. The molecule has 0 aromatic carbocycles. The highest BCUT2D eigenvalue weighted by Gasteiger charge is 2.00. The third-order valence-electron chi connectivity index (χ3n) is 0.822. The quantitative estimate of drug-likeness (QED) is 0.426. The van der Waals surface area contributed by atoms with E-state index in [-0.39, 0.29) is 11.0 Å². The summed E-state index contributed by atoms with van der Waals surface area (Å²) in [7, 11) is 0. The minimum Gasteiger partial charge on any atom is -0.249 e. The summed E-state index contributed by atoms with van der Waals surface area (Å²) in [5, 5.41) is 3.28. The van der Waals surface area contributed by atoms with Crippen LogP contribution in [0.2, 0.25) is 5.15 Å². The number of hydrogen-bond acceptors (Lipinski definition) is 3. The number of rotatable bonds is 1. The number of azide groups is 1. The Labute approximate surface area is 75.2 Å². The van der Waals surface area contributed by atoms with Gasteiger partial charge in [0.25, 0.3) is 0 Å². The molecule has 7 heteroatoms. The molecule has 56 valence electrons. The number of hydrogen-bond donors (Lipinski definition) is 0. The van der Waals surface area contributed by atoms with E-state index in [9.17, 15) is 0 Å². The van der Waals surface area contributed by atoms with Gasteiger partial charge in [-0.05, 0) is 26.6 Å². The molecule has 0 bridgehead atoms. The van der Waals surface area contributed by atoms with E-state index in [0.29, 0.717) is 4.60 Å². The summed E-state index contributed by atoms with van der Waals surface area (Å²) in [6.45, 7) is 0. The van der Waals surface area contributed by atoms with E-state index in [4.69, 9.17) is 17.1 Å². The zero-order valence-corrected chi connectivity index (χ0v) is 7.41. The summed E-state index contributed by atoms with van der Waals surface area (Å²) in [6, 6.07) is 0. The first-order valence-electron chi connectivity index (χ1n) is 2.47. The molecule has 0 saturated heterocycles. The molecular formula is C4HBrClN5. The van der Waals surface area contributed by atoms with Gasteiger partial charge in [0.15, 0.2) is 11.0 Å². The molecule has 0 fully saturated rings. The lowest BCUT2D eigenvalue weighted by molar-refractivity contribution is 1.14. The summed E-state index contributed by atoms with van der Waals surface area (Å²) in [6.07, 6.45) is 1.40. The van der Waals surface area contributed by atoms with Crippen molar-refractivity contribution in [3.8, 4) is 0 Å². The van der Waals surface area contributed by atoms with E-state index in [1.165, 1.54) is 6.20 Å². The number of halogens is 2. The van der Waals surface area contributed by atoms with Crippen LogP contribution in [0.1, 0.15) is 0 Å². The van der Waals surface area contributed by atoms with E-state index in [1.807, 2.05) is 0 Å². The molecule has 0 atom stereocenters. The second kappa shape index (κ2) is 3.52. The van der Waals surface area contributed by atoms with Crippen LogP contribution in [0.15, 0.2) is 15.9 Å². The lowest BCUT2D eigenvalue weighted by Crippen LogP contribution is -1.80. The van der Waals surface area contributed by atoms with Crippen molar-refractivity contribution in [2.24, 2.45) is 5.11 Å². The van der Waals surface area contributed by atoms with Crippen molar-refractivity contribution in [2.45, 2.75) is 0 Å². The first-order chi connectivity index (χ1) is 5.24. The van der Waals surface area contributed by atoms with Crippen molar-refractivity contribution in [2.75, 3.05) is 0 Å². The standard InChI is InChI=1S/C4HBrClN5/c5-2-1-8-4(10-11-7)3(6)9-2/h1H. The van der Waals surface area contributed by atoms with Crippen LogP contribution in [0.4, 0.5) is 5.82 Å². The Hall–Kier alpha value is -0.840. The van der Waals surface area contributed by atoms with Gasteiger partial charge in [-0.3, -0.25) is 0 Å². The fourth-order valence-corrected chi connectivity index (χ4v) is 1.01. The van der Waals surface area contributed by atoms with Crippen molar-refractivity contribution in [3.05, 3.63) is 26.4 Å². The summed E-state index contributed by atoms with van der Waals surface area (Å²) in [4.78, 5) is 9.97. The van der Waals surface area contributed by atoms with E-state index < -0.39 is 0 Å². The van der Waals surface area contributed by atoms with Gasteiger partial charge in [-0.1, -0.05) is 11.6 Å². The van der Waals surface area contributed by atoms with Crippen molar-refractivity contribution < 1.29 is 0 Å². The molecular weight excluding hydrogens is 233 g/mol. The van der Waals surface area contributed by atoms with Crippen LogP contribution in [-0.2, 0) is 0 Å². The molecule has 0 aliphatic rings. The fourth-order valence-electron chi connectivity index (χ4n) is 0.450. The van der Waals surface area contributed by atoms with E-state index in [1.54, 1.807) is 0 Å². The largest absolute Gasteiger partial charge is 0.249 e. The van der Waals surface area contributed by atoms with Crippen LogP contribution in [0.3, 0.4) is 0 Å². The molecule has 0 aliphatic carbocycles. The first-order valence-corrected chi connectivity index (χ1v) is 3.64. The smallest absolute Gasteiger partial charge is 0.164 e. The number of aromatic nitrogens is 2. The summed E-state index contributed by atoms with van der Waals surface area (Å²) in [5.74, 6) is 0.0809. The van der Waals surface area contributed by atoms with Gasteiger partial charge in [0.1, 0.15) is 4.60 Å². The lowest BCUT2D eigenvalue weighted by Gasteiger charge is -1.93. The molecule has 0 aliphatic heterocycles. The highest BCUT2D eigenvalue weighted by Crippen LogP contribution is 2.20. The Bertz CT molecular complexity index is 320. The van der Waals surface area contributed by atoms with Gasteiger partial charge in [-0.2, -0.15) is 0 Å². The van der Waals surface area contributed by atoms with E-state index >= 15 is 0 Å². The molecule has 11 heavy (non-hydrogen) atoms. The van der Waals surface area contributed by atoms with Crippen molar-refractivity contribution in [1.29, 1.82) is 0 Å². The Morgan fingerprint density at radius 1 is 1.73 bits per heavy atom. The van der Waals surface area contributed by atoms with Gasteiger partial charge in [0.05, 0.1) is 6.20 Å². The van der Waals surface area contributed by atoms with E-state index in [2.05, 4.69) is 35.9 Å². The predicted molar refractivity (Wildman–Crippen MR) is 43.5 cm³/mol. The zero-order chi connectivity index (χ0) is 8.27. The molecule has 1 heterocycles. The first kappa shape index (κ1) is 8.26. The lowest BCUT2D eigenvalue weighted by atomic mass is 10.7. The molecule has 0 saturated carbocycles. The molecule has 1 rings (SSSR count). The zero-order valence-electron chi connectivity index (χ0n) is 5.07. The van der Waals surface area contributed by atoms with Crippen LogP contribution in [0.25, 0.3) is 10.4 Å². The molecule has 0 spiro atoms. The summed E-state index contributed by atoms with van der Waals surface area (Å²) < 4.78 is 0.499. The van der Waals surface area contributed by atoms with Crippen LogP contribution in [-0.4, -0.2) is 9.97 Å². The second-order valence-corrected chi connectivity index (χ2v) is 2.67. The summed E-state index contributed by atoms with van der Waals surface area (Å²) in [5.41, 5.74) is 8.03. The van der Waals surface area contributed by atoms with Crippen molar-refractivity contribution in [1.82, 2.24) is 9.97 Å². The maximum atomic E-state index is 8.03. The van der Waals surface area contributed by atoms with Gasteiger partial charge >= 0.3 is 0 Å². The van der Waals surface area contributed by atoms with Crippen LogP contribution >= 0.6 is 27.5 Å². The molecule has 0 N–H and O–H groups in total. The number of nitrogens with zero attached hydrogens (tertiary/aromatic N) is 5. The Morgan fingerprint density at radius 2 is 2.45 bits per heavy atom. The molecule has 0 unspecified atom stereocenters. The van der Waals surface area contributed by atoms with Gasteiger partial charge < -0.3 is 0 Å². The van der Waals surface area contributed by atoms with Crippen LogP contribution in [0, 0.1) is 0 Å². The Morgan fingerprint density at radius 3 is 3.00 bits per heavy atom. The van der Waals surface area contributed by atoms with Gasteiger partial charge in [0, 0.05) is 4.91 Å². The average Bonchev–Trinajstić information content (AvgIpc) is 1.95. The van der Waals surface area contributed by atoms with Gasteiger partial charge in [-0.25, -0.2) is 9.97 Å². The third kappa shape index (κ3) is 2.04. The maximum absolute atomic E-state index is 8.03. The Kier molecular flexibility index (Phi) is 2.64. The second-order valence-electron chi connectivity index (χ2n) is 1.50. The molecule has 5 nitrogen and oxygen atoms in total. The highest BCUT2D eigenvalue weighted by atomic mass is 79.9. The van der Waals surface area contributed by atoms with Crippen LogP contribution in [0.5, 0.6) is 0 Å². The minimum absolute atomic E-state index is 0.0807. The van der Waals surface area contributed by atoms with Crippen molar-refractivity contribution >= 4 is 33.3 Å². The molecule has 1 aromatic heterocycles. The van der Waals surface area contributed by atoms with Gasteiger partial charge in [-0.15, -0.1) is 0 Å². The molecule has 0 radical (unpaired) electrons. The normalized spacial score (nSPS) is 8.91. The highest BCUT2D eigenvalue weighted by molar-refractivity contribution is 9.10. The monoisotopic (exact) mass is 233 g/mol. The average molecular weight is 234 g/mol. The van der Waals surface area contributed by atoms with Crippen LogP contribution < -0.4 is 0 Å².